The molecule has 1 fully saturated rings. The molecule has 19 heavy (non-hydrogen) atoms. The van der Waals surface area contributed by atoms with E-state index in [1.807, 2.05) is 31.2 Å². The number of carbonyl (C=O) groups is 1. The average Bonchev–Trinajstić information content (AvgIpc) is 2.90. The number of benzene rings is 1. The molecule has 0 aliphatic carbocycles. The van der Waals surface area contributed by atoms with Crippen LogP contribution in [0.2, 0.25) is 0 Å². The smallest absolute Gasteiger partial charge is 0.253 e. The summed E-state index contributed by atoms with van der Waals surface area (Å²) in [6.45, 7) is 3.02. The van der Waals surface area contributed by atoms with Crippen LogP contribution in [0.3, 0.4) is 0 Å². The van der Waals surface area contributed by atoms with E-state index < -0.39 is 0 Å². The molecule has 1 heterocycles. The van der Waals surface area contributed by atoms with Crippen molar-refractivity contribution < 1.29 is 14.3 Å². The zero-order valence-electron chi connectivity index (χ0n) is 11.1. The van der Waals surface area contributed by atoms with E-state index >= 15 is 0 Å². The Bertz CT molecular complexity index is 419. The molecule has 2 unspecified atom stereocenters. The number of hydrogen-bond acceptors (Lipinski definition) is 4. The molecular weight excluding hydrogens is 244 g/mol. The highest BCUT2D eigenvalue weighted by Crippen LogP contribution is 2.21. The Morgan fingerprint density at radius 1 is 1.42 bits per heavy atom. The average molecular weight is 264 g/mol. The van der Waals surface area contributed by atoms with Crippen molar-refractivity contribution in [3.63, 3.8) is 0 Å². The van der Waals surface area contributed by atoms with Gasteiger partial charge in [-0.15, -0.1) is 0 Å². The van der Waals surface area contributed by atoms with Crippen molar-refractivity contribution in [2.75, 3.05) is 18.5 Å². The van der Waals surface area contributed by atoms with E-state index in [0.717, 1.165) is 24.3 Å². The van der Waals surface area contributed by atoms with Gasteiger partial charge in [-0.1, -0.05) is 0 Å². The van der Waals surface area contributed by atoms with Gasteiger partial charge in [0.25, 0.3) is 5.91 Å². The summed E-state index contributed by atoms with van der Waals surface area (Å²) in [6, 6.07) is 7.30. The Morgan fingerprint density at radius 2 is 2.16 bits per heavy atom. The van der Waals surface area contributed by atoms with E-state index in [9.17, 15) is 4.79 Å². The second kappa shape index (κ2) is 6.54. The van der Waals surface area contributed by atoms with Crippen molar-refractivity contribution >= 4 is 11.6 Å². The summed E-state index contributed by atoms with van der Waals surface area (Å²) in [5.74, 6) is 0.681. The number of amides is 1. The summed E-state index contributed by atoms with van der Waals surface area (Å²) in [7, 11) is 0. The van der Waals surface area contributed by atoms with Crippen molar-refractivity contribution in [3.8, 4) is 5.75 Å². The van der Waals surface area contributed by atoms with Crippen LogP contribution in [0.25, 0.3) is 0 Å². The first kappa shape index (κ1) is 13.8. The van der Waals surface area contributed by atoms with E-state index in [-0.39, 0.29) is 18.1 Å². The molecule has 0 saturated carbocycles. The number of nitrogens with two attached hydrogens (primary N) is 1. The van der Waals surface area contributed by atoms with Gasteiger partial charge in [0.05, 0.1) is 12.7 Å². The Labute approximate surface area is 113 Å². The highest BCUT2D eigenvalue weighted by atomic mass is 16.5. The minimum Gasteiger partial charge on any atom is -0.494 e. The molecule has 0 radical (unpaired) electrons. The third-order valence-corrected chi connectivity index (χ3v) is 3.10. The predicted molar refractivity (Wildman–Crippen MR) is 73.2 cm³/mol. The summed E-state index contributed by atoms with van der Waals surface area (Å²) in [5.41, 5.74) is 6.27. The van der Waals surface area contributed by atoms with E-state index in [2.05, 4.69) is 5.32 Å². The maximum atomic E-state index is 12.0. The third-order valence-electron chi connectivity index (χ3n) is 3.10. The Kier molecular flexibility index (Phi) is 4.76. The highest BCUT2D eigenvalue weighted by Gasteiger charge is 2.29. The van der Waals surface area contributed by atoms with Gasteiger partial charge in [0, 0.05) is 12.2 Å². The Morgan fingerprint density at radius 3 is 2.74 bits per heavy atom. The monoisotopic (exact) mass is 264 g/mol. The van der Waals surface area contributed by atoms with Gasteiger partial charge in [-0.2, -0.15) is 0 Å². The van der Waals surface area contributed by atoms with Crippen LogP contribution in [-0.2, 0) is 9.53 Å². The second-order valence-corrected chi connectivity index (χ2v) is 4.51. The minimum atomic E-state index is -0.389. The van der Waals surface area contributed by atoms with E-state index in [1.54, 1.807) is 0 Å². The van der Waals surface area contributed by atoms with Gasteiger partial charge >= 0.3 is 0 Å². The number of ether oxygens (including phenoxy) is 2. The van der Waals surface area contributed by atoms with Crippen LogP contribution in [0, 0.1) is 0 Å². The fourth-order valence-electron chi connectivity index (χ4n) is 2.10. The SMILES string of the molecule is CCOc1ccc(NC(=O)C2CCC(CN)O2)cc1. The molecule has 2 rings (SSSR count). The van der Waals surface area contributed by atoms with Crippen LogP contribution >= 0.6 is 0 Å². The van der Waals surface area contributed by atoms with Gasteiger partial charge in [0.15, 0.2) is 0 Å². The number of carbonyl (C=O) groups excluding carboxylic acids is 1. The van der Waals surface area contributed by atoms with E-state index in [4.69, 9.17) is 15.2 Å². The Hall–Kier alpha value is -1.59. The minimum absolute atomic E-state index is 0.0103. The molecule has 1 aromatic rings. The molecule has 0 aromatic heterocycles. The maximum Gasteiger partial charge on any atom is 0.253 e. The number of hydrogen-bond donors (Lipinski definition) is 2. The molecule has 104 valence electrons. The van der Waals surface area contributed by atoms with Crippen LogP contribution in [-0.4, -0.2) is 31.3 Å². The van der Waals surface area contributed by atoms with Gasteiger partial charge in [-0.25, -0.2) is 0 Å². The molecule has 5 heteroatoms. The van der Waals surface area contributed by atoms with Crippen molar-refractivity contribution in [1.29, 1.82) is 0 Å². The number of nitrogens with one attached hydrogen (secondary N) is 1. The van der Waals surface area contributed by atoms with E-state index in [1.165, 1.54) is 0 Å². The van der Waals surface area contributed by atoms with Crippen LogP contribution in [0.4, 0.5) is 5.69 Å². The molecule has 0 spiro atoms. The summed E-state index contributed by atoms with van der Waals surface area (Å²) in [5, 5.41) is 2.84. The van der Waals surface area contributed by atoms with Gasteiger partial charge in [-0.3, -0.25) is 4.79 Å². The second-order valence-electron chi connectivity index (χ2n) is 4.51. The van der Waals surface area contributed by atoms with Crippen LogP contribution in [0.5, 0.6) is 5.75 Å². The molecular formula is C14H20N2O3. The normalized spacial score (nSPS) is 22.2. The standard InChI is InChI=1S/C14H20N2O3/c1-2-18-11-5-3-10(4-6-11)16-14(17)13-8-7-12(9-15)19-13/h3-6,12-13H,2,7-9,15H2,1H3,(H,16,17). The van der Waals surface area contributed by atoms with Crippen molar-refractivity contribution in [2.45, 2.75) is 32.0 Å². The molecule has 0 bridgehead atoms. The van der Waals surface area contributed by atoms with Crippen LogP contribution < -0.4 is 15.8 Å². The maximum absolute atomic E-state index is 12.0. The van der Waals surface area contributed by atoms with Gasteiger partial charge in [0.1, 0.15) is 11.9 Å². The number of anilines is 1. The lowest BCUT2D eigenvalue weighted by molar-refractivity contribution is -0.126. The first-order valence-corrected chi connectivity index (χ1v) is 6.62. The molecule has 2 atom stereocenters. The molecule has 1 aliphatic rings. The topological polar surface area (TPSA) is 73.6 Å². The Balaban J connectivity index is 1.88. The van der Waals surface area contributed by atoms with Crippen molar-refractivity contribution in [2.24, 2.45) is 5.73 Å². The lowest BCUT2D eigenvalue weighted by Crippen LogP contribution is -2.29. The molecule has 1 amide bonds. The largest absolute Gasteiger partial charge is 0.494 e. The predicted octanol–water partition coefficient (Wildman–Crippen LogP) is 1.53. The van der Waals surface area contributed by atoms with Gasteiger partial charge in [0.2, 0.25) is 0 Å². The summed E-state index contributed by atoms with van der Waals surface area (Å²) < 4.78 is 10.9. The summed E-state index contributed by atoms with van der Waals surface area (Å²) >= 11 is 0. The summed E-state index contributed by atoms with van der Waals surface area (Å²) in [6.07, 6.45) is 1.19. The quantitative estimate of drug-likeness (QED) is 0.846. The van der Waals surface area contributed by atoms with E-state index in [0.29, 0.717) is 13.2 Å². The van der Waals surface area contributed by atoms with Crippen molar-refractivity contribution in [1.82, 2.24) is 0 Å². The molecule has 1 aliphatic heterocycles. The lowest BCUT2D eigenvalue weighted by atomic mass is 10.2. The fourth-order valence-corrected chi connectivity index (χ4v) is 2.10. The zero-order chi connectivity index (χ0) is 13.7. The third kappa shape index (κ3) is 3.68. The first-order chi connectivity index (χ1) is 9.22. The van der Waals surface area contributed by atoms with Crippen LogP contribution in [0.1, 0.15) is 19.8 Å². The van der Waals surface area contributed by atoms with Crippen LogP contribution in [0.15, 0.2) is 24.3 Å². The molecule has 1 aromatic carbocycles. The van der Waals surface area contributed by atoms with Gasteiger partial charge < -0.3 is 20.5 Å². The first-order valence-electron chi connectivity index (χ1n) is 6.62. The molecule has 1 saturated heterocycles. The van der Waals surface area contributed by atoms with Gasteiger partial charge in [-0.05, 0) is 44.0 Å². The van der Waals surface area contributed by atoms with Crippen molar-refractivity contribution in [3.05, 3.63) is 24.3 Å². The number of rotatable bonds is 5. The molecule has 5 nitrogen and oxygen atoms in total. The lowest BCUT2D eigenvalue weighted by Gasteiger charge is -2.13. The fraction of sp³-hybridized carbons (Fsp3) is 0.500. The molecule has 3 N–H and O–H groups in total. The summed E-state index contributed by atoms with van der Waals surface area (Å²) in [4.78, 5) is 12.0. The zero-order valence-corrected chi connectivity index (χ0v) is 11.1. The highest BCUT2D eigenvalue weighted by molar-refractivity contribution is 5.94.